The summed E-state index contributed by atoms with van der Waals surface area (Å²) in [5.74, 6) is 0. The van der Waals surface area contributed by atoms with Crippen molar-refractivity contribution in [1.82, 2.24) is 4.98 Å². The van der Waals surface area contributed by atoms with Crippen molar-refractivity contribution in [2.24, 2.45) is 4.40 Å². The Balaban J connectivity index is 2.36. The SMILES string of the molecule is CCN(CCOC)c1ccc(/C(=N\SC(C)(C)C)c2ccsc2)nc1Br. The van der Waals surface area contributed by atoms with E-state index >= 15 is 0 Å². The molecule has 26 heavy (non-hydrogen) atoms. The number of halogens is 1. The van der Waals surface area contributed by atoms with Gasteiger partial charge in [-0.2, -0.15) is 11.3 Å². The summed E-state index contributed by atoms with van der Waals surface area (Å²) in [4.78, 5) is 7.05. The van der Waals surface area contributed by atoms with Gasteiger partial charge in [0.2, 0.25) is 0 Å². The van der Waals surface area contributed by atoms with Gasteiger partial charge in [-0.15, -0.1) is 0 Å². The van der Waals surface area contributed by atoms with Crippen LogP contribution in [-0.2, 0) is 4.74 Å². The highest BCUT2D eigenvalue weighted by Gasteiger charge is 2.17. The van der Waals surface area contributed by atoms with E-state index in [1.54, 1.807) is 30.4 Å². The third-order valence-electron chi connectivity index (χ3n) is 3.56. The lowest BCUT2D eigenvalue weighted by molar-refractivity contribution is 0.205. The molecule has 0 aliphatic rings. The van der Waals surface area contributed by atoms with Crippen molar-refractivity contribution in [1.29, 1.82) is 0 Å². The number of hydrogen-bond acceptors (Lipinski definition) is 6. The molecule has 0 aromatic carbocycles. The molecular weight excluding hydrogens is 430 g/mol. The maximum absolute atomic E-state index is 5.21. The zero-order valence-corrected chi connectivity index (χ0v) is 19.2. The minimum Gasteiger partial charge on any atom is -0.383 e. The van der Waals surface area contributed by atoms with Crippen LogP contribution >= 0.6 is 39.2 Å². The highest BCUT2D eigenvalue weighted by atomic mass is 79.9. The average Bonchev–Trinajstić information content (AvgIpc) is 3.10. The van der Waals surface area contributed by atoms with Crippen LogP contribution in [0, 0.1) is 0 Å². The lowest BCUT2D eigenvalue weighted by Crippen LogP contribution is -2.27. The fourth-order valence-corrected chi connectivity index (χ4v) is 4.05. The molecule has 2 heterocycles. The van der Waals surface area contributed by atoms with Crippen LogP contribution in [0.4, 0.5) is 5.69 Å². The van der Waals surface area contributed by atoms with E-state index in [2.05, 4.69) is 77.5 Å². The molecule has 2 aromatic heterocycles. The summed E-state index contributed by atoms with van der Waals surface area (Å²) in [5, 5.41) is 4.18. The Labute approximate surface area is 173 Å². The van der Waals surface area contributed by atoms with Gasteiger partial charge < -0.3 is 9.64 Å². The number of nitrogens with zero attached hydrogens (tertiary/aromatic N) is 3. The second kappa shape index (κ2) is 9.88. The molecule has 0 atom stereocenters. The maximum Gasteiger partial charge on any atom is 0.130 e. The van der Waals surface area contributed by atoms with E-state index in [4.69, 9.17) is 14.1 Å². The Morgan fingerprint density at radius 1 is 1.35 bits per heavy atom. The number of methoxy groups -OCH3 is 1. The average molecular weight is 456 g/mol. The van der Waals surface area contributed by atoms with Gasteiger partial charge in [0.05, 0.1) is 18.0 Å². The van der Waals surface area contributed by atoms with Crippen LogP contribution in [0.5, 0.6) is 0 Å². The minimum absolute atomic E-state index is 0.0532. The van der Waals surface area contributed by atoms with Crippen LogP contribution in [0.3, 0.4) is 0 Å². The van der Waals surface area contributed by atoms with Crippen molar-refractivity contribution in [2.75, 3.05) is 31.7 Å². The van der Waals surface area contributed by atoms with Crippen LogP contribution in [0.2, 0.25) is 0 Å². The molecule has 4 nitrogen and oxygen atoms in total. The Morgan fingerprint density at radius 2 is 2.12 bits per heavy atom. The van der Waals surface area contributed by atoms with Gasteiger partial charge >= 0.3 is 0 Å². The lowest BCUT2D eigenvalue weighted by Gasteiger charge is -2.24. The largest absolute Gasteiger partial charge is 0.383 e. The quantitative estimate of drug-likeness (QED) is 0.292. The first-order valence-electron chi connectivity index (χ1n) is 8.55. The summed E-state index contributed by atoms with van der Waals surface area (Å²) in [5.41, 5.74) is 3.96. The first-order chi connectivity index (χ1) is 12.4. The molecule has 7 heteroatoms. The molecule has 0 fully saturated rings. The Kier molecular flexibility index (Phi) is 8.13. The third-order valence-corrected chi connectivity index (χ3v) is 5.65. The number of likely N-dealkylation sites (N-methyl/N-ethyl adjacent to an activating group) is 1. The Bertz CT molecular complexity index is 727. The van der Waals surface area contributed by atoms with Gasteiger partial charge in [0.25, 0.3) is 0 Å². The molecule has 2 aromatic rings. The van der Waals surface area contributed by atoms with E-state index in [9.17, 15) is 0 Å². The normalized spacial score (nSPS) is 12.5. The second-order valence-corrected chi connectivity index (χ2v) is 9.86. The summed E-state index contributed by atoms with van der Waals surface area (Å²) < 4.78 is 10.9. The van der Waals surface area contributed by atoms with Crippen molar-refractivity contribution in [3.05, 3.63) is 44.8 Å². The van der Waals surface area contributed by atoms with E-state index in [0.29, 0.717) is 6.61 Å². The van der Waals surface area contributed by atoms with Crippen LogP contribution in [0.25, 0.3) is 0 Å². The van der Waals surface area contributed by atoms with E-state index in [1.807, 2.05) is 0 Å². The zero-order chi connectivity index (χ0) is 19.2. The summed E-state index contributed by atoms with van der Waals surface area (Å²) >= 11 is 6.90. The smallest absolute Gasteiger partial charge is 0.130 e. The summed E-state index contributed by atoms with van der Waals surface area (Å²) in [7, 11) is 1.72. The minimum atomic E-state index is 0.0532. The van der Waals surface area contributed by atoms with Gasteiger partial charge in [-0.05, 0) is 79.2 Å². The van der Waals surface area contributed by atoms with E-state index < -0.39 is 0 Å². The van der Waals surface area contributed by atoms with Crippen LogP contribution in [0.15, 0.2) is 38.0 Å². The molecule has 0 radical (unpaired) electrons. The van der Waals surface area contributed by atoms with Crippen molar-refractivity contribution >= 4 is 50.6 Å². The lowest BCUT2D eigenvalue weighted by atomic mass is 10.1. The van der Waals surface area contributed by atoms with Crippen LogP contribution < -0.4 is 4.90 Å². The highest BCUT2D eigenvalue weighted by molar-refractivity contribution is 9.10. The number of hydrogen-bond donors (Lipinski definition) is 0. The molecule has 0 spiro atoms. The monoisotopic (exact) mass is 455 g/mol. The molecule has 142 valence electrons. The number of ether oxygens (including phenoxy) is 1. The Morgan fingerprint density at radius 3 is 2.65 bits per heavy atom. The van der Waals surface area contributed by atoms with Gasteiger partial charge in [0.1, 0.15) is 10.3 Å². The molecule has 0 saturated carbocycles. The summed E-state index contributed by atoms with van der Waals surface area (Å²) in [6, 6.07) is 6.25. The topological polar surface area (TPSA) is 37.7 Å². The Hall–Kier alpha value is -0.890. The first kappa shape index (κ1) is 21.4. The van der Waals surface area contributed by atoms with Gasteiger partial charge in [-0.3, -0.25) is 0 Å². The highest BCUT2D eigenvalue weighted by Crippen LogP contribution is 2.29. The molecule has 0 bridgehead atoms. The van der Waals surface area contributed by atoms with Crippen molar-refractivity contribution in [3.8, 4) is 0 Å². The molecule has 0 N–H and O–H groups in total. The van der Waals surface area contributed by atoms with Gasteiger partial charge in [-0.25, -0.2) is 9.38 Å². The second-order valence-electron chi connectivity index (χ2n) is 6.73. The van der Waals surface area contributed by atoms with E-state index in [0.717, 1.165) is 40.3 Å². The number of aromatic nitrogens is 1. The summed E-state index contributed by atoms with van der Waals surface area (Å²) in [6.07, 6.45) is 0. The van der Waals surface area contributed by atoms with Gasteiger partial charge in [0.15, 0.2) is 0 Å². The van der Waals surface area contributed by atoms with Gasteiger partial charge in [-0.1, -0.05) is 0 Å². The predicted molar refractivity (Wildman–Crippen MR) is 119 cm³/mol. The molecule has 0 amide bonds. The fourth-order valence-electron chi connectivity index (χ4n) is 2.27. The van der Waals surface area contributed by atoms with Gasteiger partial charge in [0, 0.05) is 35.9 Å². The van der Waals surface area contributed by atoms with E-state index in [-0.39, 0.29) is 4.75 Å². The predicted octanol–water partition coefficient (Wildman–Crippen LogP) is 5.66. The van der Waals surface area contributed by atoms with Crippen molar-refractivity contribution in [3.63, 3.8) is 0 Å². The van der Waals surface area contributed by atoms with Crippen molar-refractivity contribution < 1.29 is 4.74 Å². The van der Waals surface area contributed by atoms with Crippen LogP contribution in [0.1, 0.15) is 39.0 Å². The molecular formula is C19H26BrN3OS2. The first-order valence-corrected chi connectivity index (χ1v) is 11.1. The number of rotatable bonds is 8. The number of thiophene rings is 1. The molecule has 0 aliphatic heterocycles. The molecule has 0 unspecified atom stereocenters. The molecule has 0 aliphatic carbocycles. The zero-order valence-electron chi connectivity index (χ0n) is 16.0. The third kappa shape index (κ3) is 6.08. The molecule has 0 saturated heterocycles. The fraction of sp³-hybridized carbons (Fsp3) is 0.474. The van der Waals surface area contributed by atoms with E-state index in [1.165, 1.54) is 0 Å². The summed E-state index contributed by atoms with van der Waals surface area (Å²) in [6.45, 7) is 11.0. The number of pyridine rings is 1. The van der Waals surface area contributed by atoms with Crippen molar-refractivity contribution in [2.45, 2.75) is 32.4 Å². The molecule has 2 rings (SSSR count). The number of anilines is 1. The van der Waals surface area contributed by atoms with Crippen LogP contribution in [-0.4, -0.2) is 42.2 Å². The standard InChI is InChI=1S/C19H26BrN3OS2/c1-6-23(10-11-24-5)16-8-7-15(21-18(16)20)17(14-9-12-25-13-14)22-26-19(2,3)4/h7-9,12-13H,6,10-11H2,1-5H3/b22-17-. The maximum atomic E-state index is 5.21.